The molecule has 26 heavy (non-hydrogen) atoms. The first-order valence-electron chi connectivity index (χ1n) is 9.91. The molecule has 1 aliphatic heterocycles. The Hall–Kier alpha value is -1.68. The normalized spacial score (nSPS) is 21.2. The predicted molar refractivity (Wildman–Crippen MR) is 109 cm³/mol. The van der Waals surface area contributed by atoms with E-state index in [1.54, 1.807) is 0 Å². The minimum Gasteiger partial charge on any atom is -0.373 e. The van der Waals surface area contributed by atoms with E-state index in [1.807, 2.05) is 0 Å². The van der Waals surface area contributed by atoms with Crippen LogP contribution in [0.1, 0.15) is 37.3 Å². The van der Waals surface area contributed by atoms with E-state index in [4.69, 9.17) is 4.74 Å². The second-order valence-electron chi connectivity index (χ2n) is 7.43. The van der Waals surface area contributed by atoms with Gasteiger partial charge in [-0.2, -0.15) is 0 Å². The molecule has 1 saturated heterocycles. The standard InChI is InChI=1S/C23H32N2O/c1-19-17-25(18-20(2)26-19)16-15-24-14-13-23(21-9-5-3-6-10-21)22-11-7-4-8-12-22/h3-12,19-20,23-24H,13-18H2,1-2H3. The molecule has 3 nitrogen and oxygen atoms in total. The topological polar surface area (TPSA) is 24.5 Å². The van der Waals surface area contributed by atoms with Crippen molar-refractivity contribution in [1.29, 1.82) is 0 Å². The monoisotopic (exact) mass is 352 g/mol. The Balaban J connectivity index is 1.48. The van der Waals surface area contributed by atoms with E-state index in [0.717, 1.165) is 39.1 Å². The Bertz CT molecular complexity index is 582. The van der Waals surface area contributed by atoms with Gasteiger partial charge in [0.25, 0.3) is 0 Å². The number of hydrogen-bond donors (Lipinski definition) is 1. The second-order valence-corrected chi connectivity index (χ2v) is 7.43. The molecule has 2 atom stereocenters. The van der Waals surface area contributed by atoms with Crippen LogP contribution in [0.15, 0.2) is 60.7 Å². The summed E-state index contributed by atoms with van der Waals surface area (Å²) < 4.78 is 5.81. The summed E-state index contributed by atoms with van der Waals surface area (Å²) in [7, 11) is 0. The smallest absolute Gasteiger partial charge is 0.0678 e. The number of hydrogen-bond acceptors (Lipinski definition) is 3. The van der Waals surface area contributed by atoms with Gasteiger partial charge in [-0.15, -0.1) is 0 Å². The van der Waals surface area contributed by atoms with Gasteiger partial charge in [0.1, 0.15) is 0 Å². The maximum Gasteiger partial charge on any atom is 0.0678 e. The number of rotatable bonds is 8. The molecular weight excluding hydrogens is 320 g/mol. The van der Waals surface area contributed by atoms with Gasteiger partial charge in [-0.05, 0) is 37.9 Å². The molecule has 0 radical (unpaired) electrons. The third kappa shape index (κ3) is 5.66. The number of ether oxygens (including phenoxy) is 1. The van der Waals surface area contributed by atoms with Crippen molar-refractivity contribution in [3.05, 3.63) is 71.8 Å². The summed E-state index contributed by atoms with van der Waals surface area (Å²) in [5.41, 5.74) is 2.80. The van der Waals surface area contributed by atoms with Crippen LogP contribution < -0.4 is 5.32 Å². The molecule has 140 valence electrons. The molecule has 1 fully saturated rings. The molecule has 0 spiro atoms. The van der Waals surface area contributed by atoms with Gasteiger partial charge in [0.2, 0.25) is 0 Å². The average Bonchev–Trinajstić information content (AvgIpc) is 2.65. The first-order valence-corrected chi connectivity index (χ1v) is 9.91. The van der Waals surface area contributed by atoms with Gasteiger partial charge in [0.15, 0.2) is 0 Å². The van der Waals surface area contributed by atoms with Crippen molar-refractivity contribution in [1.82, 2.24) is 10.2 Å². The van der Waals surface area contributed by atoms with E-state index in [0.29, 0.717) is 18.1 Å². The van der Waals surface area contributed by atoms with Crippen LogP contribution in [0.5, 0.6) is 0 Å². The average molecular weight is 353 g/mol. The van der Waals surface area contributed by atoms with Crippen LogP contribution in [0.25, 0.3) is 0 Å². The lowest BCUT2D eigenvalue weighted by Gasteiger charge is -2.35. The van der Waals surface area contributed by atoms with Crippen molar-refractivity contribution in [2.75, 3.05) is 32.7 Å². The zero-order valence-corrected chi connectivity index (χ0v) is 16.1. The minimum absolute atomic E-state index is 0.347. The van der Waals surface area contributed by atoms with Crippen LogP contribution in [0, 0.1) is 0 Å². The molecule has 1 N–H and O–H groups in total. The Morgan fingerprint density at radius 3 is 1.96 bits per heavy atom. The largest absolute Gasteiger partial charge is 0.373 e. The molecular formula is C23H32N2O. The van der Waals surface area contributed by atoms with E-state index in [2.05, 4.69) is 84.7 Å². The van der Waals surface area contributed by atoms with Crippen molar-refractivity contribution in [3.8, 4) is 0 Å². The summed E-state index contributed by atoms with van der Waals surface area (Å²) in [6, 6.07) is 21.7. The van der Waals surface area contributed by atoms with Crippen molar-refractivity contribution in [3.63, 3.8) is 0 Å². The highest BCUT2D eigenvalue weighted by molar-refractivity contribution is 5.32. The number of nitrogens with zero attached hydrogens (tertiary/aromatic N) is 1. The molecule has 3 heteroatoms. The van der Waals surface area contributed by atoms with Crippen LogP contribution >= 0.6 is 0 Å². The molecule has 0 saturated carbocycles. The number of nitrogens with one attached hydrogen (secondary N) is 1. The molecule has 0 bridgehead atoms. The van der Waals surface area contributed by atoms with Gasteiger partial charge in [0.05, 0.1) is 12.2 Å². The molecule has 0 aliphatic carbocycles. The zero-order chi connectivity index (χ0) is 18.2. The summed E-state index contributed by atoms with van der Waals surface area (Å²) in [4.78, 5) is 2.51. The van der Waals surface area contributed by atoms with E-state index in [1.165, 1.54) is 11.1 Å². The quantitative estimate of drug-likeness (QED) is 0.729. The maximum atomic E-state index is 5.81. The van der Waals surface area contributed by atoms with Gasteiger partial charge in [0, 0.05) is 32.1 Å². The third-order valence-corrected chi connectivity index (χ3v) is 5.11. The lowest BCUT2D eigenvalue weighted by molar-refractivity contribution is -0.0674. The predicted octanol–water partition coefficient (Wildman–Crippen LogP) is 3.91. The molecule has 1 heterocycles. The maximum absolute atomic E-state index is 5.81. The van der Waals surface area contributed by atoms with Crippen LogP contribution in [-0.2, 0) is 4.74 Å². The van der Waals surface area contributed by atoms with Gasteiger partial charge < -0.3 is 10.1 Å². The van der Waals surface area contributed by atoms with Crippen molar-refractivity contribution in [2.24, 2.45) is 0 Å². The van der Waals surface area contributed by atoms with Gasteiger partial charge in [-0.3, -0.25) is 4.90 Å². The van der Waals surface area contributed by atoms with Crippen molar-refractivity contribution < 1.29 is 4.74 Å². The fourth-order valence-corrected chi connectivity index (χ4v) is 3.97. The SMILES string of the molecule is CC1CN(CCNCCC(c2ccccc2)c2ccccc2)CC(C)O1. The molecule has 2 aromatic rings. The van der Waals surface area contributed by atoms with E-state index in [-0.39, 0.29) is 0 Å². The highest BCUT2D eigenvalue weighted by Crippen LogP contribution is 2.27. The molecule has 0 aromatic heterocycles. The fourth-order valence-electron chi connectivity index (χ4n) is 3.97. The van der Waals surface area contributed by atoms with Gasteiger partial charge >= 0.3 is 0 Å². The highest BCUT2D eigenvalue weighted by Gasteiger charge is 2.21. The van der Waals surface area contributed by atoms with E-state index in [9.17, 15) is 0 Å². The van der Waals surface area contributed by atoms with Crippen LogP contribution in [0.3, 0.4) is 0 Å². The van der Waals surface area contributed by atoms with Crippen LogP contribution in [-0.4, -0.2) is 49.8 Å². The Kier molecular flexibility index (Phi) is 7.24. The third-order valence-electron chi connectivity index (χ3n) is 5.11. The summed E-state index contributed by atoms with van der Waals surface area (Å²) in [5.74, 6) is 0.452. The first kappa shape index (κ1) is 19.1. The van der Waals surface area contributed by atoms with Gasteiger partial charge in [-0.1, -0.05) is 60.7 Å². The fraction of sp³-hybridized carbons (Fsp3) is 0.478. The zero-order valence-electron chi connectivity index (χ0n) is 16.1. The Labute approximate surface area is 158 Å². The van der Waals surface area contributed by atoms with E-state index < -0.39 is 0 Å². The summed E-state index contributed by atoms with van der Waals surface area (Å²) in [5, 5.41) is 3.65. The summed E-state index contributed by atoms with van der Waals surface area (Å²) >= 11 is 0. The summed E-state index contributed by atoms with van der Waals surface area (Å²) in [6.07, 6.45) is 1.81. The van der Waals surface area contributed by atoms with Gasteiger partial charge in [-0.25, -0.2) is 0 Å². The lowest BCUT2D eigenvalue weighted by atomic mass is 9.88. The molecule has 2 aromatic carbocycles. The minimum atomic E-state index is 0.347. The molecule has 1 aliphatic rings. The molecule has 0 amide bonds. The summed E-state index contributed by atoms with van der Waals surface area (Å²) in [6.45, 7) is 9.59. The van der Waals surface area contributed by atoms with Crippen LogP contribution in [0.4, 0.5) is 0 Å². The van der Waals surface area contributed by atoms with Crippen LogP contribution in [0.2, 0.25) is 0 Å². The Morgan fingerprint density at radius 1 is 0.885 bits per heavy atom. The van der Waals surface area contributed by atoms with E-state index >= 15 is 0 Å². The van der Waals surface area contributed by atoms with Crippen molar-refractivity contribution in [2.45, 2.75) is 38.4 Å². The lowest BCUT2D eigenvalue weighted by Crippen LogP contribution is -2.47. The number of benzene rings is 2. The Morgan fingerprint density at radius 2 is 1.42 bits per heavy atom. The molecule has 3 rings (SSSR count). The first-order chi connectivity index (χ1) is 12.7. The highest BCUT2D eigenvalue weighted by atomic mass is 16.5. The van der Waals surface area contributed by atoms with Crippen molar-refractivity contribution >= 4 is 0 Å². The molecule has 2 unspecified atom stereocenters. The number of morpholine rings is 1. The second kappa shape index (κ2) is 9.86.